The number of carbonyl (C=O) groups excluding carboxylic acids is 2. The third-order valence-corrected chi connectivity index (χ3v) is 2.06. The molecule has 2 heterocycles. The summed E-state index contributed by atoms with van der Waals surface area (Å²) in [5, 5.41) is 14.6. The van der Waals surface area contributed by atoms with E-state index in [1.165, 1.54) is 6.92 Å². The van der Waals surface area contributed by atoms with Crippen molar-refractivity contribution < 1.29 is 23.0 Å². The van der Waals surface area contributed by atoms with E-state index in [-0.39, 0.29) is 17.3 Å². The minimum Gasteiger partial charge on any atom is -0.305 e. The van der Waals surface area contributed by atoms with Gasteiger partial charge in [-0.1, -0.05) is 0 Å². The van der Waals surface area contributed by atoms with Gasteiger partial charge in [0, 0.05) is 13.1 Å². The number of rotatable bonds is 4. The summed E-state index contributed by atoms with van der Waals surface area (Å²) in [5.74, 6) is -1.50. The molecule has 0 saturated heterocycles. The standard InChI is InChI=1S/C9H8F2N6O3/c1-4(18)12-6-7(16-20-15-6)13-8(19)5-2-3-17(14-5)9(10)11/h2-3,9H,1H3,(H,12,15,18)(H,13,16,19). The van der Waals surface area contributed by atoms with Crippen molar-refractivity contribution in [1.82, 2.24) is 20.1 Å². The molecule has 0 spiro atoms. The van der Waals surface area contributed by atoms with E-state index in [9.17, 15) is 18.4 Å². The fraction of sp³-hybridized carbons (Fsp3) is 0.222. The smallest absolute Gasteiger partial charge is 0.305 e. The molecule has 2 amide bonds. The lowest BCUT2D eigenvalue weighted by atomic mass is 10.4. The van der Waals surface area contributed by atoms with Crippen LogP contribution in [-0.4, -0.2) is 31.9 Å². The molecule has 0 radical (unpaired) electrons. The van der Waals surface area contributed by atoms with Gasteiger partial charge in [-0.3, -0.25) is 14.9 Å². The second-order valence-corrected chi connectivity index (χ2v) is 3.56. The Morgan fingerprint density at radius 3 is 2.50 bits per heavy atom. The first kappa shape index (κ1) is 13.6. The van der Waals surface area contributed by atoms with Gasteiger partial charge in [0.05, 0.1) is 0 Å². The van der Waals surface area contributed by atoms with Crippen LogP contribution in [0.5, 0.6) is 0 Å². The zero-order valence-corrected chi connectivity index (χ0v) is 10.0. The Morgan fingerprint density at radius 2 is 1.95 bits per heavy atom. The fourth-order valence-corrected chi connectivity index (χ4v) is 1.26. The van der Waals surface area contributed by atoms with Gasteiger partial charge in [0.2, 0.25) is 17.5 Å². The lowest BCUT2D eigenvalue weighted by Crippen LogP contribution is -2.16. The summed E-state index contributed by atoms with van der Waals surface area (Å²) in [5.41, 5.74) is -0.248. The Balaban J connectivity index is 2.11. The molecular weight excluding hydrogens is 278 g/mol. The second kappa shape index (κ2) is 5.42. The monoisotopic (exact) mass is 286 g/mol. The van der Waals surface area contributed by atoms with Gasteiger partial charge in [-0.2, -0.15) is 13.9 Å². The van der Waals surface area contributed by atoms with Gasteiger partial charge in [-0.15, -0.1) is 0 Å². The molecule has 2 aromatic rings. The highest BCUT2D eigenvalue weighted by atomic mass is 19.3. The van der Waals surface area contributed by atoms with E-state index in [1.807, 2.05) is 0 Å². The largest absolute Gasteiger partial charge is 0.333 e. The van der Waals surface area contributed by atoms with Crippen LogP contribution in [0, 0.1) is 0 Å². The number of alkyl halides is 2. The van der Waals surface area contributed by atoms with Crippen molar-refractivity contribution in [2.24, 2.45) is 0 Å². The summed E-state index contributed by atoms with van der Waals surface area (Å²) < 4.78 is 29.3. The topological polar surface area (TPSA) is 115 Å². The molecule has 0 aliphatic carbocycles. The molecular formula is C9H8F2N6O3. The summed E-state index contributed by atoms with van der Waals surface area (Å²) in [7, 11) is 0. The van der Waals surface area contributed by atoms with Crippen LogP contribution >= 0.6 is 0 Å². The van der Waals surface area contributed by atoms with E-state index < -0.39 is 18.4 Å². The molecule has 0 aliphatic heterocycles. The van der Waals surface area contributed by atoms with Gasteiger partial charge in [-0.25, -0.2) is 9.31 Å². The molecule has 0 aromatic carbocycles. The maximum atomic E-state index is 12.3. The van der Waals surface area contributed by atoms with Crippen molar-refractivity contribution in [3.8, 4) is 0 Å². The molecule has 0 saturated carbocycles. The normalized spacial score (nSPS) is 10.6. The van der Waals surface area contributed by atoms with Gasteiger partial charge in [0.15, 0.2) is 5.69 Å². The minimum absolute atomic E-state index is 0.0980. The molecule has 0 bridgehead atoms. The molecule has 2 aromatic heterocycles. The Labute approximate surface area is 109 Å². The van der Waals surface area contributed by atoms with E-state index in [4.69, 9.17) is 0 Å². The number of nitrogens with one attached hydrogen (secondary N) is 2. The van der Waals surface area contributed by atoms with E-state index >= 15 is 0 Å². The summed E-state index contributed by atoms with van der Waals surface area (Å²) in [6.45, 7) is -1.62. The Bertz CT molecular complexity index is 637. The van der Waals surface area contributed by atoms with Gasteiger partial charge in [0.1, 0.15) is 0 Å². The molecule has 11 heteroatoms. The first-order valence-electron chi connectivity index (χ1n) is 5.22. The Morgan fingerprint density at radius 1 is 1.30 bits per heavy atom. The zero-order valence-electron chi connectivity index (χ0n) is 10.0. The third kappa shape index (κ3) is 2.93. The zero-order chi connectivity index (χ0) is 14.7. The summed E-state index contributed by atoms with van der Waals surface area (Å²) in [6.07, 6.45) is 0.954. The second-order valence-electron chi connectivity index (χ2n) is 3.56. The maximum absolute atomic E-state index is 12.3. The van der Waals surface area contributed by atoms with Crippen LogP contribution in [0.15, 0.2) is 16.9 Å². The molecule has 0 aliphatic rings. The van der Waals surface area contributed by atoms with Crippen LogP contribution in [0.2, 0.25) is 0 Å². The molecule has 20 heavy (non-hydrogen) atoms. The maximum Gasteiger partial charge on any atom is 0.333 e. The number of carbonyl (C=O) groups is 2. The predicted molar refractivity (Wildman–Crippen MR) is 60.0 cm³/mol. The molecule has 106 valence electrons. The van der Waals surface area contributed by atoms with Crippen LogP contribution in [0.25, 0.3) is 0 Å². The van der Waals surface area contributed by atoms with Crippen LogP contribution < -0.4 is 10.6 Å². The van der Waals surface area contributed by atoms with Crippen LogP contribution in [0.4, 0.5) is 20.4 Å². The van der Waals surface area contributed by atoms with E-state index in [1.54, 1.807) is 0 Å². The molecule has 2 N–H and O–H groups in total. The number of amides is 2. The lowest BCUT2D eigenvalue weighted by molar-refractivity contribution is -0.114. The van der Waals surface area contributed by atoms with Crippen LogP contribution in [0.1, 0.15) is 24.0 Å². The van der Waals surface area contributed by atoms with Crippen molar-refractivity contribution in [2.45, 2.75) is 13.5 Å². The SMILES string of the molecule is CC(=O)Nc1nonc1NC(=O)c1ccn(C(F)F)n1. The molecule has 2 rings (SSSR count). The summed E-state index contributed by atoms with van der Waals surface area (Å²) in [4.78, 5) is 22.6. The number of hydrogen-bond donors (Lipinski definition) is 2. The number of hydrogen-bond acceptors (Lipinski definition) is 6. The molecule has 9 nitrogen and oxygen atoms in total. The third-order valence-electron chi connectivity index (χ3n) is 2.06. The quantitative estimate of drug-likeness (QED) is 0.861. The number of anilines is 2. The molecule has 0 atom stereocenters. The van der Waals surface area contributed by atoms with E-state index in [2.05, 4.69) is 30.7 Å². The van der Waals surface area contributed by atoms with Gasteiger partial charge >= 0.3 is 6.55 Å². The highest BCUT2D eigenvalue weighted by Crippen LogP contribution is 2.16. The highest BCUT2D eigenvalue weighted by molar-refractivity contribution is 6.04. The first-order chi connectivity index (χ1) is 9.47. The Kier molecular flexibility index (Phi) is 3.68. The average Bonchev–Trinajstić information content (AvgIpc) is 2.98. The minimum atomic E-state index is -2.85. The van der Waals surface area contributed by atoms with Gasteiger partial charge < -0.3 is 5.32 Å². The summed E-state index contributed by atoms with van der Waals surface area (Å²) >= 11 is 0. The van der Waals surface area contributed by atoms with Gasteiger partial charge in [-0.05, 0) is 16.4 Å². The van der Waals surface area contributed by atoms with Crippen LogP contribution in [-0.2, 0) is 4.79 Å². The van der Waals surface area contributed by atoms with Gasteiger partial charge in [0.25, 0.3) is 5.91 Å². The molecule has 0 unspecified atom stereocenters. The van der Waals surface area contributed by atoms with Crippen molar-refractivity contribution in [2.75, 3.05) is 10.6 Å². The molecule has 0 fully saturated rings. The lowest BCUT2D eigenvalue weighted by Gasteiger charge is -2.01. The average molecular weight is 286 g/mol. The van der Waals surface area contributed by atoms with Crippen LogP contribution in [0.3, 0.4) is 0 Å². The number of nitrogens with zero attached hydrogens (tertiary/aromatic N) is 4. The van der Waals surface area contributed by atoms with E-state index in [0.29, 0.717) is 4.68 Å². The van der Waals surface area contributed by atoms with E-state index in [0.717, 1.165) is 12.3 Å². The van der Waals surface area contributed by atoms with Crippen molar-refractivity contribution in [1.29, 1.82) is 0 Å². The van der Waals surface area contributed by atoms with Crippen molar-refractivity contribution >= 4 is 23.5 Å². The van der Waals surface area contributed by atoms with Crippen molar-refractivity contribution in [3.63, 3.8) is 0 Å². The number of aromatic nitrogens is 4. The summed E-state index contributed by atoms with van der Waals surface area (Å²) in [6, 6.07) is 1.10. The Hall–Kier alpha value is -2.85. The predicted octanol–water partition coefficient (Wildman–Crippen LogP) is 0.872. The highest BCUT2D eigenvalue weighted by Gasteiger charge is 2.18. The first-order valence-corrected chi connectivity index (χ1v) is 5.22. The fourth-order valence-electron chi connectivity index (χ4n) is 1.26. The van der Waals surface area contributed by atoms with Crippen molar-refractivity contribution in [3.05, 3.63) is 18.0 Å². The number of halogens is 2.